The van der Waals surface area contributed by atoms with Gasteiger partial charge in [-0.1, -0.05) is 50.3 Å². The molecule has 0 radical (unpaired) electrons. The number of carbonyl (C=O) groups is 1. The molecule has 42 heavy (non-hydrogen) atoms. The summed E-state index contributed by atoms with van der Waals surface area (Å²) in [7, 11) is -3.90. The van der Waals surface area contributed by atoms with Gasteiger partial charge in [0, 0.05) is 24.1 Å². The van der Waals surface area contributed by atoms with Crippen LogP contribution in [0, 0.1) is 5.82 Å². The van der Waals surface area contributed by atoms with E-state index in [9.17, 15) is 17.6 Å². The van der Waals surface area contributed by atoms with Gasteiger partial charge in [0.25, 0.3) is 0 Å². The van der Waals surface area contributed by atoms with E-state index in [2.05, 4.69) is 19.2 Å². The Morgan fingerprint density at radius 3 is 2.40 bits per heavy atom. The Hall–Kier alpha value is -3.75. The van der Waals surface area contributed by atoms with Crippen LogP contribution in [0.4, 0.5) is 4.39 Å². The Balaban J connectivity index is 1.45. The van der Waals surface area contributed by atoms with Crippen LogP contribution < -0.4 is 4.74 Å². The first-order chi connectivity index (χ1) is 20.0. The van der Waals surface area contributed by atoms with Gasteiger partial charge in [-0.05, 0) is 96.5 Å². The first kappa shape index (κ1) is 29.7. The number of carbonyl (C=O) groups excluding carboxylic acids is 1. The minimum absolute atomic E-state index is 0.108. The van der Waals surface area contributed by atoms with Crippen molar-refractivity contribution in [1.82, 2.24) is 4.31 Å². The molecule has 0 unspecified atom stereocenters. The quantitative estimate of drug-likeness (QED) is 0.198. The number of allylic oxidation sites excluding steroid dienone is 1. The lowest BCUT2D eigenvalue weighted by Gasteiger charge is -2.41. The van der Waals surface area contributed by atoms with Crippen LogP contribution >= 0.6 is 0 Å². The highest BCUT2D eigenvalue weighted by molar-refractivity contribution is 7.89. The molecule has 3 aromatic carbocycles. The number of halogens is 1. The molecule has 1 heterocycles. The van der Waals surface area contributed by atoms with Gasteiger partial charge in [0.15, 0.2) is 6.61 Å². The molecular weight excluding hydrogens is 553 g/mol. The average molecular weight is 590 g/mol. The number of esters is 1. The monoisotopic (exact) mass is 589 g/mol. The topological polar surface area (TPSA) is 72.9 Å². The third-order valence-electron chi connectivity index (χ3n) is 8.09. The van der Waals surface area contributed by atoms with E-state index >= 15 is 0 Å². The molecule has 0 aromatic heterocycles. The average Bonchev–Trinajstić information content (AvgIpc) is 3.43. The third-order valence-corrected chi connectivity index (χ3v) is 9.88. The number of benzene rings is 3. The van der Waals surface area contributed by atoms with E-state index in [1.807, 2.05) is 18.2 Å². The van der Waals surface area contributed by atoms with Gasteiger partial charge in [-0.2, -0.15) is 4.31 Å². The SMILES string of the molecule is C=C(C)COC(=O)COc1ccc(S(=O)(=O)N2Cc3cc(-c4cccc(F)c4)ccc3C3(CCCC3)C2)cc1C(=C)C. The number of ether oxygens (including phenoxy) is 2. The molecule has 8 heteroatoms. The van der Waals surface area contributed by atoms with Crippen LogP contribution in [0.25, 0.3) is 16.7 Å². The first-order valence-corrected chi connectivity index (χ1v) is 15.5. The van der Waals surface area contributed by atoms with Gasteiger partial charge in [-0.25, -0.2) is 17.6 Å². The van der Waals surface area contributed by atoms with Gasteiger partial charge in [0.05, 0.1) is 4.90 Å². The minimum Gasteiger partial charge on any atom is -0.481 e. The highest BCUT2D eigenvalue weighted by Crippen LogP contribution is 2.48. The summed E-state index contributed by atoms with van der Waals surface area (Å²) in [6.45, 7) is 11.6. The number of hydrogen-bond donors (Lipinski definition) is 0. The van der Waals surface area contributed by atoms with Crippen LogP contribution in [0.3, 0.4) is 0 Å². The second-order valence-electron chi connectivity index (χ2n) is 11.5. The van der Waals surface area contributed by atoms with Crippen LogP contribution in [0.1, 0.15) is 56.2 Å². The Bertz CT molecular complexity index is 1660. The molecule has 1 aliphatic carbocycles. The lowest BCUT2D eigenvalue weighted by Crippen LogP contribution is -2.46. The van der Waals surface area contributed by atoms with Crippen molar-refractivity contribution in [2.75, 3.05) is 19.8 Å². The molecule has 2 aliphatic rings. The highest BCUT2D eigenvalue weighted by Gasteiger charge is 2.45. The molecule has 220 valence electrons. The molecule has 1 spiro atoms. The van der Waals surface area contributed by atoms with Crippen molar-refractivity contribution in [3.63, 3.8) is 0 Å². The Labute approximate surface area is 247 Å². The molecule has 0 atom stereocenters. The van der Waals surface area contributed by atoms with Crippen molar-refractivity contribution in [2.24, 2.45) is 0 Å². The maximum Gasteiger partial charge on any atom is 0.344 e. The van der Waals surface area contributed by atoms with E-state index in [-0.39, 0.29) is 35.9 Å². The molecule has 5 rings (SSSR count). The summed E-state index contributed by atoms with van der Waals surface area (Å²) in [5, 5.41) is 0. The smallest absolute Gasteiger partial charge is 0.344 e. The molecule has 1 fully saturated rings. The van der Waals surface area contributed by atoms with Crippen molar-refractivity contribution in [1.29, 1.82) is 0 Å². The van der Waals surface area contributed by atoms with Crippen LogP contribution in [-0.2, 0) is 31.5 Å². The zero-order valence-corrected chi connectivity index (χ0v) is 24.9. The summed E-state index contributed by atoms with van der Waals surface area (Å²) in [6, 6.07) is 17.2. The minimum atomic E-state index is -3.90. The molecule has 3 aromatic rings. The predicted molar refractivity (Wildman–Crippen MR) is 162 cm³/mol. The number of sulfonamides is 1. The Morgan fingerprint density at radius 2 is 1.71 bits per heavy atom. The second kappa shape index (κ2) is 11.9. The molecule has 0 bridgehead atoms. The van der Waals surface area contributed by atoms with E-state index in [1.165, 1.54) is 23.8 Å². The van der Waals surface area contributed by atoms with Crippen molar-refractivity contribution in [3.8, 4) is 16.9 Å². The molecule has 0 amide bonds. The lowest BCUT2D eigenvalue weighted by atomic mass is 9.74. The lowest BCUT2D eigenvalue weighted by molar-refractivity contribution is -0.145. The van der Waals surface area contributed by atoms with Gasteiger partial charge >= 0.3 is 5.97 Å². The second-order valence-corrected chi connectivity index (χ2v) is 13.4. The van der Waals surface area contributed by atoms with Crippen LogP contribution in [0.15, 0.2) is 84.3 Å². The molecule has 1 saturated carbocycles. The van der Waals surface area contributed by atoms with Gasteiger partial charge in [0.1, 0.15) is 18.2 Å². The Morgan fingerprint density at radius 1 is 0.976 bits per heavy atom. The van der Waals surface area contributed by atoms with Crippen LogP contribution in [0.5, 0.6) is 5.75 Å². The van der Waals surface area contributed by atoms with Gasteiger partial charge in [0.2, 0.25) is 10.0 Å². The fourth-order valence-corrected chi connectivity index (χ4v) is 7.60. The number of fused-ring (bicyclic) bond motifs is 2. The summed E-state index contributed by atoms with van der Waals surface area (Å²) >= 11 is 0. The van der Waals surface area contributed by atoms with Crippen LogP contribution in [0.2, 0.25) is 0 Å². The van der Waals surface area contributed by atoms with Crippen molar-refractivity contribution in [2.45, 2.75) is 56.4 Å². The van der Waals surface area contributed by atoms with E-state index in [0.717, 1.165) is 42.4 Å². The molecular formula is C34H36FNO5S. The number of nitrogens with zero attached hydrogens (tertiary/aromatic N) is 1. The van der Waals surface area contributed by atoms with Crippen molar-refractivity contribution in [3.05, 3.63) is 102 Å². The largest absolute Gasteiger partial charge is 0.481 e. The van der Waals surface area contributed by atoms with Crippen molar-refractivity contribution < 1.29 is 27.1 Å². The van der Waals surface area contributed by atoms with E-state index < -0.39 is 16.0 Å². The normalized spacial score (nSPS) is 16.2. The maximum absolute atomic E-state index is 14.2. The molecule has 0 saturated heterocycles. The zero-order chi connectivity index (χ0) is 30.1. The van der Waals surface area contributed by atoms with Crippen molar-refractivity contribution >= 4 is 21.6 Å². The third kappa shape index (κ3) is 6.05. The molecule has 1 aliphatic heterocycles. The number of hydrogen-bond acceptors (Lipinski definition) is 5. The maximum atomic E-state index is 14.2. The Kier molecular flexibility index (Phi) is 8.39. The predicted octanol–water partition coefficient (Wildman–Crippen LogP) is 7.04. The zero-order valence-electron chi connectivity index (χ0n) is 24.1. The summed E-state index contributed by atoms with van der Waals surface area (Å²) in [6.07, 6.45) is 3.91. The van der Waals surface area contributed by atoms with Gasteiger partial charge < -0.3 is 9.47 Å². The summed E-state index contributed by atoms with van der Waals surface area (Å²) < 4.78 is 54.7. The summed E-state index contributed by atoms with van der Waals surface area (Å²) in [5.41, 5.74) is 5.31. The van der Waals surface area contributed by atoms with E-state index in [0.29, 0.717) is 29.0 Å². The molecule has 6 nitrogen and oxygen atoms in total. The standard InChI is InChI=1S/C34H36FNO5S/c1-23(2)20-41-33(37)21-40-32-13-11-29(18-30(32)24(3)4)42(38,39)36-19-27-16-26(25-8-7-9-28(35)17-25)10-12-31(27)34(22-36)14-5-6-15-34/h7-13,16-18H,1,3,5-6,14-15,19-22H2,2,4H3. The fraction of sp³-hybridized carbons (Fsp3) is 0.324. The molecule has 0 N–H and O–H groups in total. The van der Waals surface area contributed by atoms with Gasteiger partial charge in [-0.3, -0.25) is 0 Å². The number of rotatable bonds is 9. The van der Waals surface area contributed by atoms with Crippen LogP contribution in [-0.4, -0.2) is 38.5 Å². The van der Waals surface area contributed by atoms with Gasteiger partial charge in [-0.15, -0.1) is 0 Å². The fourth-order valence-electron chi connectivity index (χ4n) is 6.07. The summed E-state index contributed by atoms with van der Waals surface area (Å²) in [5.74, 6) is -0.510. The highest BCUT2D eigenvalue weighted by atomic mass is 32.2. The van der Waals surface area contributed by atoms with E-state index in [1.54, 1.807) is 36.4 Å². The summed E-state index contributed by atoms with van der Waals surface area (Å²) in [4.78, 5) is 12.2. The van der Waals surface area contributed by atoms with E-state index in [4.69, 9.17) is 9.47 Å². The first-order valence-electron chi connectivity index (χ1n) is 14.1.